The molecule has 1 unspecified atom stereocenters. The minimum atomic E-state index is -4.66. The highest BCUT2D eigenvalue weighted by molar-refractivity contribution is 5.27. The summed E-state index contributed by atoms with van der Waals surface area (Å²) in [6.07, 6.45) is 1.02. The van der Waals surface area contributed by atoms with Gasteiger partial charge in [-0.15, -0.1) is 13.2 Å². The fraction of sp³-hybridized carbons (Fsp3) is 0.600. The quantitative estimate of drug-likeness (QED) is 0.905. The third kappa shape index (κ3) is 4.71. The summed E-state index contributed by atoms with van der Waals surface area (Å²) in [7, 11) is 0. The van der Waals surface area contributed by atoms with Gasteiger partial charge in [0.05, 0.1) is 6.10 Å². The number of aliphatic hydroxyl groups excluding tert-OH is 1. The predicted molar refractivity (Wildman–Crippen MR) is 69.4 cm³/mol. The van der Waals surface area contributed by atoms with E-state index in [2.05, 4.69) is 4.74 Å². The first-order valence-electron chi connectivity index (χ1n) is 6.97. The van der Waals surface area contributed by atoms with E-state index in [1.165, 1.54) is 18.6 Å². The van der Waals surface area contributed by atoms with Crippen LogP contribution in [0, 0.1) is 5.92 Å². The predicted octanol–water partition coefficient (Wildman–Crippen LogP) is 4.07. The molecule has 1 aromatic rings. The molecule has 20 heavy (non-hydrogen) atoms. The molecule has 0 saturated heterocycles. The normalized spacial score (nSPS) is 18.8. The highest BCUT2D eigenvalue weighted by Crippen LogP contribution is 2.28. The monoisotopic (exact) mass is 288 g/mol. The molecule has 1 aliphatic rings. The maximum absolute atomic E-state index is 12.0. The van der Waals surface area contributed by atoms with Crippen molar-refractivity contribution in [2.24, 2.45) is 5.92 Å². The maximum atomic E-state index is 12.0. The number of hydrogen-bond donors (Lipinski definition) is 1. The molecule has 1 fully saturated rings. The van der Waals surface area contributed by atoms with Crippen LogP contribution in [0.15, 0.2) is 24.3 Å². The number of ether oxygens (including phenoxy) is 1. The molecule has 0 aromatic heterocycles. The summed E-state index contributed by atoms with van der Waals surface area (Å²) >= 11 is 0. The van der Waals surface area contributed by atoms with Crippen LogP contribution >= 0.6 is 0 Å². The van der Waals surface area contributed by atoms with Gasteiger partial charge in [0.1, 0.15) is 5.75 Å². The molecule has 5 heteroatoms. The van der Waals surface area contributed by atoms with Crippen LogP contribution in [0.25, 0.3) is 0 Å². The number of halogens is 3. The van der Waals surface area contributed by atoms with Crippen molar-refractivity contribution in [1.29, 1.82) is 0 Å². The highest BCUT2D eigenvalue weighted by atomic mass is 19.4. The van der Waals surface area contributed by atoms with E-state index >= 15 is 0 Å². The van der Waals surface area contributed by atoms with Gasteiger partial charge in [-0.25, -0.2) is 0 Å². The van der Waals surface area contributed by atoms with Crippen molar-refractivity contribution in [3.05, 3.63) is 29.8 Å². The fourth-order valence-corrected chi connectivity index (χ4v) is 2.75. The highest BCUT2D eigenvalue weighted by Gasteiger charge is 2.31. The van der Waals surface area contributed by atoms with Crippen molar-refractivity contribution in [3.63, 3.8) is 0 Å². The zero-order valence-electron chi connectivity index (χ0n) is 11.2. The van der Waals surface area contributed by atoms with Crippen LogP contribution in [0.1, 0.15) is 37.7 Å². The first-order valence-corrected chi connectivity index (χ1v) is 6.97. The van der Waals surface area contributed by atoms with Crippen LogP contribution in [0.3, 0.4) is 0 Å². The van der Waals surface area contributed by atoms with Gasteiger partial charge in [-0.05, 0) is 42.9 Å². The standard InChI is InChI=1S/C15H19F3O2/c16-15(17,18)20-13-8-6-11(7-9-13)10-14(19)12-4-2-1-3-5-12/h6-9,12,14,19H,1-5,10H2. The van der Waals surface area contributed by atoms with Gasteiger partial charge in [0, 0.05) is 0 Å². The molecule has 1 saturated carbocycles. The summed E-state index contributed by atoms with van der Waals surface area (Å²) in [5, 5.41) is 10.2. The van der Waals surface area contributed by atoms with Crippen LogP contribution in [0.5, 0.6) is 5.75 Å². The molecule has 2 rings (SSSR count). The third-order valence-corrected chi connectivity index (χ3v) is 3.80. The van der Waals surface area contributed by atoms with Crippen LogP contribution < -0.4 is 4.74 Å². The first-order chi connectivity index (χ1) is 9.44. The Bertz CT molecular complexity index is 408. The van der Waals surface area contributed by atoms with Crippen molar-refractivity contribution in [3.8, 4) is 5.75 Å². The average molecular weight is 288 g/mol. The lowest BCUT2D eigenvalue weighted by Crippen LogP contribution is -2.25. The van der Waals surface area contributed by atoms with Gasteiger partial charge in [-0.2, -0.15) is 0 Å². The van der Waals surface area contributed by atoms with E-state index in [4.69, 9.17) is 0 Å². The Kier molecular flexibility index (Phi) is 4.91. The Hall–Kier alpha value is -1.23. The van der Waals surface area contributed by atoms with Crippen LogP contribution in [-0.4, -0.2) is 17.6 Å². The lowest BCUT2D eigenvalue weighted by Gasteiger charge is -2.26. The number of benzene rings is 1. The SMILES string of the molecule is OC(Cc1ccc(OC(F)(F)F)cc1)C1CCCCC1. The lowest BCUT2D eigenvalue weighted by molar-refractivity contribution is -0.274. The van der Waals surface area contributed by atoms with Gasteiger partial charge in [0.15, 0.2) is 0 Å². The summed E-state index contributed by atoms with van der Waals surface area (Å²) < 4.78 is 39.9. The van der Waals surface area contributed by atoms with Crippen molar-refractivity contribution < 1.29 is 23.0 Å². The molecule has 0 aliphatic heterocycles. The molecule has 2 nitrogen and oxygen atoms in total. The van der Waals surface area contributed by atoms with Gasteiger partial charge in [-0.1, -0.05) is 31.4 Å². The average Bonchev–Trinajstić information content (AvgIpc) is 2.40. The lowest BCUT2D eigenvalue weighted by atomic mass is 9.83. The molecule has 0 radical (unpaired) electrons. The van der Waals surface area contributed by atoms with Crippen molar-refractivity contribution in [2.45, 2.75) is 51.0 Å². The third-order valence-electron chi connectivity index (χ3n) is 3.80. The van der Waals surface area contributed by atoms with Crippen molar-refractivity contribution in [2.75, 3.05) is 0 Å². The molecule has 0 spiro atoms. The second kappa shape index (κ2) is 6.48. The molecule has 1 atom stereocenters. The van der Waals surface area contributed by atoms with Gasteiger partial charge in [0.25, 0.3) is 0 Å². The van der Waals surface area contributed by atoms with E-state index in [1.54, 1.807) is 12.1 Å². The van der Waals surface area contributed by atoms with Crippen molar-refractivity contribution >= 4 is 0 Å². The second-order valence-electron chi connectivity index (χ2n) is 5.36. The van der Waals surface area contributed by atoms with Crippen molar-refractivity contribution in [1.82, 2.24) is 0 Å². The van der Waals surface area contributed by atoms with E-state index in [-0.39, 0.29) is 5.75 Å². The summed E-state index contributed by atoms with van der Waals surface area (Å²) in [5.74, 6) is 0.0863. The minimum absolute atomic E-state index is 0.228. The zero-order chi connectivity index (χ0) is 14.6. The molecule has 0 amide bonds. The Morgan fingerprint density at radius 2 is 1.70 bits per heavy atom. The summed E-state index contributed by atoms with van der Waals surface area (Å²) in [4.78, 5) is 0. The van der Waals surface area contributed by atoms with Crippen LogP contribution in [-0.2, 0) is 6.42 Å². The van der Waals surface area contributed by atoms with E-state index in [0.29, 0.717) is 12.3 Å². The van der Waals surface area contributed by atoms with E-state index in [1.807, 2.05) is 0 Å². The largest absolute Gasteiger partial charge is 0.573 e. The molecule has 1 N–H and O–H groups in total. The summed E-state index contributed by atoms with van der Waals surface area (Å²) in [5.41, 5.74) is 0.831. The van der Waals surface area contributed by atoms with Crippen LogP contribution in [0.2, 0.25) is 0 Å². The van der Waals surface area contributed by atoms with Gasteiger partial charge in [0.2, 0.25) is 0 Å². The van der Waals surface area contributed by atoms with Gasteiger partial charge >= 0.3 is 6.36 Å². The zero-order valence-corrected chi connectivity index (χ0v) is 11.2. The van der Waals surface area contributed by atoms with E-state index in [0.717, 1.165) is 31.2 Å². The Labute approximate surface area is 116 Å². The molecular formula is C15H19F3O2. The Morgan fingerprint density at radius 1 is 1.10 bits per heavy atom. The molecular weight excluding hydrogens is 269 g/mol. The molecule has 1 aliphatic carbocycles. The smallest absolute Gasteiger partial charge is 0.406 e. The Morgan fingerprint density at radius 3 is 2.25 bits per heavy atom. The maximum Gasteiger partial charge on any atom is 0.573 e. The van der Waals surface area contributed by atoms with E-state index < -0.39 is 12.5 Å². The number of aliphatic hydroxyl groups is 1. The fourth-order valence-electron chi connectivity index (χ4n) is 2.75. The summed E-state index contributed by atoms with van der Waals surface area (Å²) in [6.45, 7) is 0. The van der Waals surface area contributed by atoms with Gasteiger partial charge < -0.3 is 9.84 Å². The topological polar surface area (TPSA) is 29.5 Å². The molecule has 1 aromatic carbocycles. The second-order valence-corrected chi connectivity index (χ2v) is 5.36. The number of hydrogen-bond acceptors (Lipinski definition) is 2. The Balaban J connectivity index is 1.89. The number of rotatable bonds is 4. The summed E-state index contributed by atoms with van der Waals surface area (Å²) in [6, 6.07) is 5.73. The minimum Gasteiger partial charge on any atom is -0.406 e. The molecule has 0 bridgehead atoms. The van der Waals surface area contributed by atoms with Gasteiger partial charge in [-0.3, -0.25) is 0 Å². The van der Waals surface area contributed by atoms with E-state index in [9.17, 15) is 18.3 Å². The first kappa shape index (κ1) is 15.2. The van der Waals surface area contributed by atoms with Crippen LogP contribution in [0.4, 0.5) is 13.2 Å². The number of alkyl halides is 3. The molecule has 112 valence electrons. The molecule has 0 heterocycles.